The van der Waals surface area contributed by atoms with Crippen molar-refractivity contribution in [1.29, 1.82) is 0 Å². The number of halogens is 1. The fourth-order valence-corrected chi connectivity index (χ4v) is 4.82. The van der Waals surface area contributed by atoms with Crippen LogP contribution >= 0.6 is 0 Å². The van der Waals surface area contributed by atoms with Crippen molar-refractivity contribution >= 4 is 11.4 Å². The van der Waals surface area contributed by atoms with Crippen molar-refractivity contribution < 1.29 is 23.4 Å². The molecular formula is C31H31FN4O4. The summed E-state index contributed by atoms with van der Waals surface area (Å²) in [4.78, 5) is 23.7. The van der Waals surface area contributed by atoms with Gasteiger partial charge < -0.3 is 19.1 Å². The molecule has 9 heteroatoms. The molecule has 1 fully saturated rings. The van der Waals surface area contributed by atoms with Crippen LogP contribution in [0.15, 0.2) is 54.9 Å². The average molecular weight is 543 g/mol. The van der Waals surface area contributed by atoms with Crippen molar-refractivity contribution in [1.82, 2.24) is 19.3 Å². The second-order valence-electron chi connectivity index (χ2n) is 9.50. The van der Waals surface area contributed by atoms with E-state index >= 15 is 0 Å². The molecule has 206 valence electrons. The largest absolute Gasteiger partial charge is 0.494 e. The molecule has 1 aliphatic heterocycles. The van der Waals surface area contributed by atoms with E-state index in [4.69, 9.17) is 19.2 Å². The van der Waals surface area contributed by atoms with Gasteiger partial charge in [-0.2, -0.15) is 4.39 Å². The number of ether oxygens (including phenoxy) is 3. The Bertz CT molecular complexity index is 1570. The predicted molar refractivity (Wildman–Crippen MR) is 149 cm³/mol. The van der Waals surface area contributed by atoms with Gasteiger partial charge in [-0.05, 0) is 62.1 Å². The molecule has 2 aromatic carbocycles. The molecule has 1 atom stereocenters. The van der Waals surface area contributed by atoms with Gasteiger partial charge in [-0.25, -0.2) is 4.98 Å². The third-order valence-electron chi connectivity index (χ3n) is 6.86. The van der Waals surface area contributed by atoms with E-state index in [2.05, 4.69) is 23.7 Å². The van der Waals surface area contributed by atoms with E-state index in [0.717, 1.165) is 41.9 Å². The van der Waals surface area contributed by atoms with Crippen LogP contribution in [0.2, 0.25) is 0 Å². The summed E-state index contributed by atoms with van der Waals surface area (Å²) in [6, 6.07) is 12.1. The number of likely N-dealkylation sites (tertiary alicyclic amines) is 1. The van der Waals surface area contributed by atoms with E-state index in [1.54, 1.807) is 48.5 Å². The highest BCUT2D eigenvalue weighted by atomic mass is 19.1. The van der Waals surface area contributed by atoms with Gasteiger partial charge in [0.05, 0.1) is 37.3 Å². The third kappa shape index (κ3) is 5.43. The van der Waals surface area contributed by atoms with Gasteiger partial charge in [0.25, 0.3) is 5.91 Å². The number of amides is 1. The summed E-state index contributed by atoms with van der Waals surface area (Å²) in [7, 11) is 1.41. The quantitative estimate of drug-likeness (QED) is 0.195. The topological polar surface area (TPSA) is 78.2 Å². The molecule has 0 N–H and O–H groups in total. The fraction of sp³-hybridized carbons (Fsp3) is 0.323. The smallest absolute Gasteiger partial charge is 0.298 e. The number of hydrogen-bond donors (Lipinski definition) is 0. The minimum Gasteiger partial charge on any atom is -0.494 e. The number of fused-ring (bicyclic) bond motifs is 1. The van der Waals surface area contributed by atoms with E-state index in [1.165, 1.54) is 13.2 Å². The number of carbonyl (C=O) groups excluding carboxylic acids is 1. The Kier molecular flexibility index (Phi) is 8.15. The molecule has 8 nitrogen and oxygen atoms in total. The highest BCUT2D eigenvalue weighted by Gasteiger charge is 2.31. The lowest BCUT2D eigenvalue weighted by Crippen LogP contribution is -2.27. The molecule has 1 saturated heterocycles. The molecule has 0 aliphatic carbocycles. The summed E-state index contributed by atoms with van der Waals surface area (Å²) in [5.41, 5.74) is 2.38. The van der Waals surface area contributed by atoms with E-state index in [9.17, 15) is 9.18 Å². The maximum Gasteiger partial charge on any atom is 0.298 e. The van der Waals surface area contributed by atoms with Gasteiger partial charge in [-0.3, -0.25) is 14.2 Å². The maximum atomic E-state index is 14.6. The van der Waals surface area contributed by atoms with Gasteiger partial charge in [-0.1, -0.05) is 25.3 Å². The summed E-state index contributed by atoms with van der Waals surface area (Å²) in [6.07, 6.45) is 6.18. The third-order valence-corrected chi connectivity index (χ3v) is 6.86. The summed E-state index contributed by atoms with van der Waals surface area (Å²) >= 11 is 0. The first kappa shape index (κ1) is 27.0. The van der Waals surface area contributed by atoms with Crippen LogP contribution < -0.4 is 14.2 Å². The summed E-state index contributed by atoms with van der Waals surface area (Å²) in [5.74, 6) is 6.71. The zero-order chi connectivity index (χ0) is 28.1. The van der Waals surface area contributed by atoms with Crippen molar-refractivity contribution in [2.24, 2.45) is 0 Å². The lowest BCUT2D eigenvalue weighted by Gasteiger charge is -2.14. The van der Waals surface area contributed by atoms with Crippen LogP contribution in [-0.2, 0) is 4.79 Å². The normalized spacial score (nSPS) is 14.6. The van der Waals surface area contributed by atoms with Crippen LogP contribution in [0.3, 0.4) is 0 Å². The number of methoxy groups -OCH3 is 1. The van der Waals surface area contributed by atoms with Gasteiger partial charge in [0, 0.05) is 24.6 Å². The molecule has 0 bridgehead atoms. The molecule has 1 amide bonds. The van der Waals surface area contributed by atoms with Crippen LogP contribution in [0, 0.1) is 17.7 Å². The Hall–Kier alpha value is -4.58. The van der Waals surface area contributed by atoms with Gasteiger partial charge in [-0.15, -0.1) is 0 Å². The molecule has 1 aliphatic rings. The first-order valence-corrected chi connectivity index (χ1v) is 13.4. The standard InChI is InChI=1S/C31H31FN4O4/c1-4-6-17-39-28-19-33-18-24-30(34-31(36(24)28)22-15-16-35(20-22)27(37)8-5-2)21-11-13-23(14-12-21)40-26-10-7-9-25(38-3)29(26)32/h7,9-14,18-19,22H,4,6,15-17,20H2,1-3H3. The Morgan fingerprint density at radius 1 is 1.15 bits per heavy atom. The number of hydrogen-bond acceptors (Lipinski definition) is 6. The zero-order valence-electron chi connectivity index (χ0n) is 22.8. The molecule has 1 unspecified atom stereocenters. The molecule has 4 aromatic rings. The van der Waals surface area contributed by atoms with E-state index < -0.39 is 5.82 Å². The second kappa shape index (κ2) is 12.1. The molecule has 0 spiro atoms. The van der Waals surface area contributed by atoms with E-state index in [1.807, 2.05) is 16.5 Å². The van der Waals surface area contributed by atoms with Gasteiger partial charge in [0.15, 0.2) is 11.5 Å². The fourth-order valence-electron chi connectivity index (χ4n) is 4.82. The Labute approximate surface area is 232 Å². The van der Waals surface area contributed by atoms with Crippen LogP contribution in [0.25, 0.3) is 16.8 Å². The number of nitrogens with zero attached hydrogens (tertiary/aromatic N) is 4. The molecule has 2 aromatic heterocycles. The lowest BCUT2D eigenvalue weighted by molar-refractivity contribution is -0.124. The van der Waals surface area contributed by atoms with Gasteiger partial charge in [0.2, 0.25) is 11.7 Å². The Balaban J connectivity index is 1.49. The lowest BCUT2D eigenvalue weighted by atomic mass is 10.1. The minimum absolute atomic E-state index is 0.0124. The van der Waals surface area contributed by atoms with Crippen LogP contribution in [-0.4, -0.2) is 52.0 Å². The molecule has 40 heavy (non-hydrogen) atoms. The van der Waals surface area contributed by atoms with Crippen molar-refractivity contribution in [2.75, 3.05) is 26.8 Å². The van der Waals surface area contributed by atoms with Crippen LogP contribution in [0.1, 0.15) is 44.9 Å². The molecular weight excluding hydrogens is 511 g/mol. The van der Waals surface area contributed by atoms with Gasteiger partial charge in [0.1, 0.15) is 11.6 Å². The SMILES string of the molecule is CC#CC(=O)N1CCC(c2nc(-c3ccc(Oc4cccc(OC)c4F)cc3)c3cncc(OCCCC)n23)C1. The van der Waals surface area contributed by atoms with Crippen molar-refractivity contribution in [3.8, 4) is 46.2 Å². The minimum atomic E-state index is -0.561. The highest BCUT2D eigenvalue weighted by molar-refractivity contribution is 5.93. The Morgan fingerprint density at radius 2 is 1.95 bits per heavy atom. The molecule has 0 radical (unpaired) electrons. The number of aromatic nitrogens is 3. The van der Waals surface area contributed by atoms with E-state index in [-0.39, 0.29) is 23.3 Å². The summed E-state index contributed by atoms with van der Waals surface area (Å²) < 4.78 is 33.6. The number of carbonyl (C=O) groups is 1. The molecule has 3 heterocycles. The van der Waals surface area contributed by atoms with Crippen molar-refractivity contribution in [2.45, 2.75) is 39.0 Å². The first-order valence-electron chi connectivity index (χ1n) is 13.4. The predicted octanol–water partition coefficient (Wildman–Crippen LogP) is 5.85. The van der Waals surface area contributed by atoms with E-state index in [0.29, 0.717) is 31.3 Å². The second-order valence-corrected chi connectivity index (χ2v) is 9.50. The monoisotopic (exact) mass is 542 g/mol. The average Bonchev–Trinajstić information content (AvgIpc) is 3.61. The number of unbranched alkanes of at least 4 members (excludes halogenated alkanes) is 1. The maximum absolute atomic E-state index is 14.6. The highest BCUT2D eigenvalue weighted by Crippen LogP contribution is 2.36. The number of rotatable bonds is 9. The first-order chi connectivity index (χ1) is 19.5. The Morgan fingerprint density at radius 3 is 2.70 bits per heavy atom. The molecule has 5 rings (SSSR count). The zero-order valence-corrected chi connectivity index (χ0v) is 22.8. The van der Waals surface area contributed by atoms with Crippen LogP contribution in [0.4, 0.5) is 4.39 Å². The van der Waals surface area contributed by atoms with Crippen molar-refractivity contribution in [3.63, 3.8) is 0 Å². The summed E-state index contributed by atoms with van der Waals surface area (Å²) in [6.45, 7) is 5.49. The summed E-state index contributed by atoms with van der Waals surface area (Å²) in [5, 5.41) is 0. The van der Waals surface area contributed by atoms with Gasteiger partial charge >= 0.3 is 0 Å². The van der Waals surface area contributed by atoms with Crippen LogP contribution in [0.5, 0.6) is 23.1 Å². The number of benzene rings is 2. The molecule has 0 saturated carbocycles. The van der Waals surface area contributed by atoms with Crippen molar-refractivity contribution in [3.05, 3.63) is 66.5 Å². The number of imidazole rings is 1.